The first-order chi connectivity index (χ1) is 6.42. The second-order valence-electron chi connectivity index (χ2n) is 2.90. The van der Waals surface area contributed by atoms with Gasteiger partial charge < -0.3 is 5.11 Å². The molecule has 0 radical (unpaired) electrons. The first kappa shape index (κ1) is 11.6. The van der Waals surface area contributed by atoms with Gasteiger partial charge in [0, 0.05) is 6.54 Å². The maximum atomic E-state index is 11.5. The van der Waals surface area contributed by atoms with E-state index in [0.29, 0.717) is 5.01 Å². The Morgan fingerprint density at radius 2 is 2.36 bits per heavy atom. The molecule has 0 spiro atoms. The third-order valence-electron chi connectivity index (χ3n) is 1.43. The largest absolute Gasteiger partial charge is 0.392 e. The lowest BCUT2D eigenvalue weighted by Crippen LogP contribution is -2.30. The maximum absolute atomic E-state index is 11.5. The molecule has 1 unspecified atom stereocenters. The summed E-state index contributed by atoms with van der Waals surface area (Å²) in [5, 5.41) is 9.63. The molecule has 0 amide bonds. The summed E-state index contributed by atoms with van der Waals surface area (Å²) in [6, 6.07) is 0. The third-order valence-corrected chi connectivity index (χ3v) is 4.23. The Kier molecular flexibility index (Phi) is 3.59. The number of sulfonamides is 1. The van der Waals surface area contributed by atoms with Crippen LogP contribution in [0, 0.1) is 6.92 Å². The van der Waals surface area contributed by atoms with Gasteiger partial charge in [0.2, 0.25) is 0 Å². The van der Waals surface area contributed by atoms with Crippen LogP contribution in [0.25, 0.3) is 0 Å². The second-order valence-corrected chi connectivity index (χ2v) is 6.13. The monoisotopic (exact) mass is 236 g/mol. The van der Waals surface area contributed by atoms with Gasteiger partial charge in [-0.05, 0) is 13.8 Å². The minimum atomic E-state index is -3.49. The van der Waals surface area contributed by atoms with Crippen molar-refractivity contribution in [2.75, 3.05) is 6.54 Å². The molecule has 1 atom stereocenters. The molecule has 7 heteroatoms. The molecule has 1 rings (SSSR count). The normalized spacial score (nSPS) is 14.2. The molecule has 0 saturated heterocycles. The molecule has 0 bridgehead atoms. The van der Waals surface area contributed by atoms with E-state index in [1.54, 1.807) is 6.92 Å². The minimum absolute atomic E-state index is 0.0132. The number of thiazole rings is 1. The average molecular weight is 236 g/mol. The Labute approximate surface area is 86.9 Å². The van der Waals surface area contributed by atoms with E-state index in [4.69, 9.17) is 5.11 Å². The van der Waals surface area contributed by atoms with Crippen molar-refractivity contribution in [1.82, 2.24) is 9.71 Å². The van der Waals surface area contributed by atoms with Crippen molar-refractivity contribution >= 4 is 21.4 Å². The Morgan fingerprint density at radius 1 is 1.71 bits per heavy atom. The summed E-state index contributed by atoms with van der Waals surface area (Å²) < 4.78 is 25.5. The number of aliphatic hydroxyl groups excluding tert-OH is 1. The molecule has 0 aliphatic rings. The van der Waals surface area contributed by atoms with E-state index in [-0.39, 0.29) is 10.8 Å². The van der Waals surface area contributed by atoms with Crippen LogP contribution in [-0.2, 0) is 10.0 Å². The van der Waals surface area contributed by atoms with Crippen molar-refractivity contribution in [3.63, 3.8) is 0 Å². The Hall–Kier alpha value is -0.500. The lowest BCUT2D eigenvalue weighted by Gasteiger charge is -2.05. The zero-order chi connectivity index (χ0) is 10.8. The van der Waals surface area contributed by atoms with Crippen molar-refractivity contribution in [3.8, 4) is 0 Å². The molecule has 0 fully saturated rings. The number of nitrogens with zero attached hydrogens (tertiary/aromatic N) is 1. The van der Waals surface area contributed by atoms with Crippen LogP contribution in [0.15, 0.2) is 10.4 Å². The standard InChI is InChI=1S/C7H12N2O3S2/c1-5(10)3-9-14(11,12)7-4-8-6(2)13-7/h4-5,9-10H,3H2,1-2H3. The van der Waals surface area contributed by atoms with Gasteiger partial charge in [0.15, 0.2) is 4.21 Å². The summed E-state index contributed by atoms with van der Waals surface area (Å²) in [5.74, 6) is 0. The highest BCUT2D eigenvalue weighted by molar-refractivity contribution is 7.91. The van der Waals surface area contributed by atoms with Crippen molar-refractivity contribution in [2.24, 2.45) is 0 Å². The Bertz CT molecular complexity index is 397. The average Bonchev–Trinajstić information content (AvgIpc) is 2.49. The molecule has 14 heavy (non-hydrogen) atoms. The van der Waals surface area contributed by atoms with Gasteiger partial charge in [-0.3, -0.25) is 0 Å². The molecule has 2 N–H and O–H groups in total. The molecule has 0 aromatic carbocycles. The molecule has 1 aromatic rings. The van der Waals surface area contributed by atoms with E-state index in [1.165, 1.54) is 13.1 Å². The van der Waals surface area contributed by atoms with E-state index in [2.05, 4.69) is 9.71 Å². The Balaban J connectivity index is 2.76. The number of nitrogens with one attached hydrogen (secondary N) is 1. The number of aromatic nitrogens is 1. The van der Waals surface area contributed by atoms with Gasteiger partial charge in [-0.1, -0.05) is 0 Å². The van der Waals surface area contributed by atoms with E-state index in [0.717, 1.165) is 11.3 Å². The summed E-state index contributed by atoms with van der Waals surface area (Å²) in [6.45, 7) is 3.26. The summed E-state index contributed by atoms with van der Waals surface area (Å²) in [7, 11) is -3.49. The van der Waals surface area contributed by atoms with Crippen LogP contribution in [0.4, 0.5) is 0 Å². The van der Waals surface area contributed by atoms with Crippen LogP contribution in [0.2, 0.25) is 0 Å². The van der Waals surface area contributed by atoms with Crippen LogP contribution in [0.5, 0.6) is 0 Å². The molecule has 0 aliphatic heterocycles. The van der Waals surface area contributed by atoms with E-state index >= 15 is 0 Å². The molecule has 0 aliphatic carbocycles. The summed E-state index contributed by atoms with van der Waals surface area (Å²) >= 11 is 1.10. The SMILES string of the molecule is Cc1ncc(S(=O)(=O)NCC(C)O)s1. The first-order valence-corrected chi connectivity index (χ1v) is 6.32. The van der Waals surface area contributed by atoms with Crippen molar-refractivity contribution < 1.29 is 13.5 Å². The number of hydrogen-bond donors (Lipinski definition) is 2. The summed E-state index contributed by atoms with van der Waals surface area (Å²) in [4.78, 5) is 3.85. The maximum Gasteiger partial charge on any atom is 0.251 e. The molecular formula is C7H12N2O3S2. The van der Waals surface area contributed by atoms with Crippen LogP contribution in [-0.4, -0.2) is 31.2 Å². The number of rotatable bonds is 4. The molecule has 5 nitrogen and oxygen atoms in total. The lowest BCUT2D eigenvalue weighted by atomic mass is 10.4. The molecule has 80 valence electrons. The fraction of sp³-hybridized carbons (Fsp3) is 0.571. The second kappa shape index (κ2) is 4.35. The summed E-state index contributed by atoms with van der Waals surface area (Å²) in [5.41, 5.74) is 0. The van der Waals surface area contributed by atoms with E-state index < -0.39 is 16.1 Å². The fourth-order valence-electron chi connectivity index (χ4n) is 0.768. The smallest absolute Gasteiger partial charge is 0.251 e. The first-order valence-electron chi connectivity index (χ1n) is 4.02. The van der Waals surface area contributed by atoms with Crippen LogP contribution >= 0.6 is 11.3 Å². The van der Waals surface area contributed by atoms with E-state index in [1.807, 2.05) is 0 Å². The van der Waals surface area contributed by atoms with Gasteiger partial charge >= 0.3 is 0 Å². The zero-order valence-electron chi connectivity index (χ0n) is 7.89. The molecule has 1 heterocycles. The summed E-state index contributed by atoms with van der Waals surface area (Å²) in [6.07, 6.45) is 0.614. The van der Waals surface area contributed by atoms with Gasteiger partial charge in [0.05, 0.1) is 17.3 Å². The van der Waals surface area contributed by atoms with Crippen LogP contribution < -0.4 is 4.72 Å². The van der Waals surface area contributed by atoms with Gasteiger partial charge in [0.1, 0.15) is 0 Å². The number of aliphatic hydroxyl groups is 1. The Morgan fingerprint density at radius 3 is 2.79 bits per heavy atom. The van der Waals surface area contributed by atoms with E-state index in [9.17, 15) is 8.42 Å². The van der Waals surface area contributed by atoms with Crippen molar-refractivity contribution in [2.45, 2.75) is 24.2 Å². The molecule has 1 aromatic heterocycles. The fourth-order valence-corrected chi connectivity index (χ4v) is 3.04. The van der Waals surface area contributed by atoms with Gasteiger partial charge in [0.25, 0.3) is 10.0 Å². The highest BCUT2D eigenvalue weighted by atomic mass is 32.2. The highest BCUT2D eigenvalue weighted by Crippen LogP contribution is 2.17. The predicted molar refractivity (Wildman–Crippen MR) is 53.7 cm³/mol. The van der Waals surface area contributed by atoms with Crippen molar-refractivity contribution in [3.05, 3.63) is 11.2 Å². The highest BCUT2D eigenvalue weighted by Gasteiger charge is 2.16. The van der Waals surface area contributed by atoms with Crippen molar-refractivity contribution in [1.29, 1.82) is 0 Å². The lowest BCUT2D eigenvalue weighted by molar-refractivity contribution is 0.198. The third kappa shape index (κ3) is 3.02. The number of hydrogen-bond acceptors (Lipinski definition) is 5. The zero-order valence-corrected chi connectivity index (χ0v) is 9.52. The van der Waals surface area contributed by atoms with Crippen LogP contribution in [0.1, 0.15) is 11.9 Å². The minimum Gasteiger partial charge on any atom is -0.392 e. The number of aryl methyl sites for hydroxylation is 1. The van der Waals surface area contributed by atoms with Gasteiger partial charge in [-0.15, -0.1) is 11.3 Å². The van der Waals surface area contributed by atoms with Gasteiger partial charge in [-0.25, -0.2) is 18.1 Å². The molecule has 0 saturated carbocycles. The quantitative estimate of drug-likeness (QED) is 0.777. The topological polar surface area (TPSA) is 79.3 Å². The predicted octanol–water partition coefficient (Wildman–Crippen LogP) is 0.111. The molecular weight excluding hydrogens is 224 g/mol. The van der Waals surface area contributed by atoms with Gasteiger partial charge in [-0.2, -0.15) is 0 Å². The van der Waals surface area contributed by atoms with Crippen LogP contribution in [0.3, 0.4) is 0 Å².